The van der Waals surface area contributed by atoms with Gasteiger partial charge in [0.15, 0.2) is 11.0 Å². The molecular formula is C23H25ClIN5O2S. The van der Waals surface area contributed by atoms with Crippen LogP contribution < -0.4 is 10.6 Å². The maximum atomic E-state index is 12.6. The first kappa shape index (κ1) is 25.5. The van der Waals surface area contributed by atoms with Gasteiger partial charge in [-0.25, -0.2) is 0 Å². The number of amides is 2. The van der Waals surface area contributed by atoms with Crippen LogP contribution in [0, 0.1) is 3.57 Å². The van der Waals surface area contributed by atoms with Crippen molar-refractivity contribution in [2.45, 2.75) is 44.9 Å². The third-order valence-corrected chi connectivity index (χ3v) is 6.84. The number of nitrogens with one attached hydrogen (secondary N) is 2. The Hall–Kier alpha value is -2.11. The maximum absolute atomic E-state index is 12.6. The highest BCUT2D eigenvalue weighted by Gasteiger charge is 2.16. The number of hydrogen-bond donors (Lipinski definition) is 2. The molecule has 0 bridgehead atoms. The SMILES string of the molecule is CCn1c(CNC(=O)c2ccccc2Cl)nnc1SCC(=O)Nc1ccc(I)cc1C(C)C. The highest BCUT2D eigenvalue weighted by Crippen LogP contribution is 2.27. The highest BCUT2D eigenvalue weighted by molar-refractivity contribution is 14.1. The molecule has 2 amide bonds. The van der Waals surface area contributed by atoms with Gasteiger partial charge in [-0.05, 0) is 71.3 Å². The minimum atomic E-state index is -0.279. The number of thioether (sulfide) groups is 1. The highest BCUT2D eigenvalue weighted by atomic mass is 127. The second-order valence-corrected chi connectivity index (χ2v) is 10.1. The van der Waals surface area contributed by atoms with Gasteiger partial charge in [0, 0.05) is 15.8 Å². The van der Waals surface area contributed by atoms with E-state index in [0.29, 0.717) is 34.0 Å². The molecule has 0 aliphatic heterocycles. The van der Waals surface area contributed by atoms with E-state index in [4.69, 9.17) is 11.6 Å². The van der Waals surface area contributed by atoms with E-state index in [2.05, 4.69) is 63.3 Å². The first-order chi connectivity index (χ1) is 15.8. The van der Waals surface area contributed by atoms with Crippen LogP contribution in [-0.4, -0.2) is 32.3 Å². The minimum Gasteiger partial charge on any atom is -0.345 e. The van der Waals surface area contributed by atoms with Crippen LogP contribution in [0.4, 0.5) is 5.69 Å². The zero-order valence-electron chi connectivity index (χ0n) is 18.6. The molecule has 174 valence electrons. The zero-order chi connectivity index (χ0) is 24.0. The van der Waals surface area contributed by atoms with Gasteiger partial charge in [0.1, 0.15) is 0 Å². The Morgan fingerprint density at radius 3 is 2.64 bits per heavy atom. The zero-order valence-corrected chi connectivity index (χ0v) is 22.3. The van der Waals surface area contributed by atoms with Crippen LogP contribution in [0.1, 0.15) is 48.4 Å². The number of rotatable bonds is 9. The van der Waals surface area contributed by atoms with Crippen LogP contribution in [0.15, 0.2) is 47.6 Å². The molecule has 0 fully saturated rings. The van der Waals surface area contributed by atoms with Crippen molar-refractivity contribution >= 4 is 63.5 Å². The quantitative estimate of drug-likeness (QED) is 0.257. The van der Waals surface area contributed by atoms with E-state index in [-0.39, 0.29) is 24.1 Å². The van der Waals surface area contributed by atoms with Crippen molar-refractivity contribution in [2.24, 2.45) is 0 Å². The number of carbonyl (C=O) groups excluding carboxylic acids is 2. The minimum absolute atomic E-state index is 0.109. The molecule has 7 nitrogen and oxygen atoms in total. The summed E-state index contributed by atoms with van der Waals surface area (Å²) in [5.41, 5.74) is 2.34. The predicted molar refractivity (Wildman–Crippen MR) is 141 cm³/mol. The molecule has 0 spiro atoms. The monoisotopic (exact) mass is 597 g/mol. The molecule has 0 saturated heterocycles. The Balaban J connectivity index is 1.61. The standard InChI is InChI=1S/C23H25ClIN5O2S/c1-4-30-20(12-26-22(32)16-7-5-6-8-18(16)24)28-29-23(30)33-13-21(31)27-19-10-9-15(25)11-17(19)14(2)3/h5-11,14H,4,12-13H2,1-3H3,(H,26,32)(H,27,31). The number of aromatic nitrogens is 3. The van der Waals surface area contributed by atoms with E-state index in [1.54, 1.807) is 24.3 Å². The molecule has 1 heterocycles. The maximum Gasteiger partial charge on any atom is 0.253 e. The summed E-state index contributed by atoms with van der Waals surface area (Å²) in [6.07, 6.45) is 0. The van der Waals surface area contributed by atoms with Gasteiger partial charge in [-0.3, -0.25) is 9.59 Å². The van der Waals surface area contributed by atoms with Crippen LogP contribution in [-0.2, 0) is 17.9 Å². The van der Waals surface area contributed by atoms with Gasteiger partial charge in [0.2, 0.25) is 5.91 Å². The number of carbonyl (C=O) groups is 2. The van der Waals surface area contributed by atoms with E-state index in [1.807, 2.05) is 23.6 Å². The molecule has 1 aromatic heterocycles. The lowest BCUT2D eigenvalue weighted by molar-refractivity contribution is -0.113. The van der Waals surface area contributed by atoms with Gasteiger partial charge in [-0.1, -0.05) is 49.3 Å². The van der Waals surface area contributed by atoms with E-state index < -0.39 is 0 Å². The molecule has 0 aliphatic carbocycles. The van der Waals surface area contributed by atoms with Crippen molar-refractivity contribution in [2.75, 3.05) is 11.1 Å². The molecule has 3 aromatic rings. The van der Waals surface area contributed by atoms with Crippen LogP contribution in [0.5, 0.6) is 0 Å². The second-order valence-electron chi connectivity index (χ2n) is 7.53. The second kappa shape index (κ2) is 11.8. The van der Waals surface area contributed by atoms with Gasteiger partial charge in [-0.15, -0.1) is 10.2 Å². The first-order valence-corrected chi connectivity index (χ1v) is 12.9. The first-order valence-electron chi connectivity index (χ1n) is 10.5. The van der Waals surface area contributed by atoms with Crippen molar-refractivity contribution in [1.29, 1.82) is 0 Å². The van der Waals surface area contributed by atoms with Crippen molar-refractivity contribution in [1.82, 2.24) is 20.1 Å². The molecule has 0 aliphatic rings. The molecule has 2 aromatic carbocycles. The van der Waals surface area contributed by atoms with E-state index >= 15 is 0 Å². The molecular weight excluding hydrogens is 573 g/mol. The smallest absolute Gasteiger partial charge is 0.253 e. The average molecular weight is 598 g/mol. The van der Waals surface area contributed by atoms with E-state index in [9.17, 15) is 9.59 Å². The summed E-state index contributed by atoms with van der Waals surface area (Å²) in [6, 6.07) is 12.9. The lowest BCUT2D eigenvalue weighted by Gasteiger charge is -2.14. The molecule has 0 saturated carbocycles. The van der Waals surface area contributed by atoms with Gasteiger partial charge >= 0.3 is 0 Å². The van der Waals surface area contributed by atoms with Crippen molar-refractivity contribution in [3.63, 3.8) is 0 Å². The van der Waals surface area contributed by atoms with Crippen LogP contribution in [0.25, 0.3) is 0 Å². The lowest BCUT2D eigenvalue weighted by atomic mass is 10.0. The van der Waals surface area contributed by atoms with E-state index in [0.717, 1.165) is 14.8 Å². The third kappa shape index (κ3) is 6.70. The van der Waals surface area contributed by atoms with Crippen LogP contribution >= 0.6 is 46.0 Å². The van der Waals surface area contributed by atoms with Crippen LogP contribution in [0.3, 0.4) is 0 Å². The third-order valence-electron chi connectivity index (χ3n) is 4.88. The van der Waals surface area contributed by atoms with Crippen molar-refractivity contribution < 1.29 is 9.59 Å². The number of benzene rings is 2. The fraction of sp³-hybridized carbons (Fsp3) is 0.304. The topological polar surface area (TPSA) is 88.9 Å². The number of halogens is 2. The Kier molecular flexibility index (Phi) is 9.16. The van der Waals surface area contributed by atoms with E-state index in [1.165, 1.54) is 11.8 Å². The molecule has 0 atom stereocenters. The number of nitrogens with zero attached hydrogens (tertiary/aromatic N) is 3. The molecule has 0 unspecified atom stereocenters. The molecule has 2 N–H and O–H groups in total. The van der Waals surface area contributed by atoms with Gasteiger partial charge < -0.3 is 15.2 Å². The summed E-state index contributed by atoms with van der Waals surface area (Å²) in [7, 11) is 0. The summed E-state index contributed by atoms with van der Waals surface area (Å²) in [5, 5.41) is 15.3. The lowest BCUT2D eigenvalue weighted by Crippen LogP contribution is -2.25. The Bertz CT molecular complexity index is 1150. The molecule has 10 heteroatoms. The fourth-order valence-corrected chi connectivity index (χ4v) is 4.77. The Labute approximate surface area is 216 Å². The predicted octanol–water partition coefficient (Wildman–Crippen LogP) is 5.34. The van der Waals surface area contributed by atoms with Gasteiger partial charge in [-0.2, -0.15) is 0 Å². The van der Waals surface area contributed by atoms with Gasteiger partial charge in [0.25, 0.3) is 5.91 Å². The summed E-state index contributed by atoms with van der Waals surface area (Å²) in [6.45, 7) is 6.99. The molecule has 3 rings (SSSR count). The average Bonchev–Trinajstić information content (AvgIpc) is 3.19. The molecule has 0 radical (unpaired) electrons. The normalized spacial score (nSPS) is 11.0. The largest absolute Gasteiger partial charge is 0.345 e. The summed E-state index contributed by atoms with van der Waals surface area (Å²) in [4.78, 5) is 25.0. The number of anilines is 1. The van der Waals surface area contributed by atoms with Crippen molar-refractivity contribution in [3.8, 4) is 0 Å². The Morgan fingerprint density at radius 2 is 1.94 bits per heavy atom. The number of hydrogen-bond acceptors (Lipinski definition) is 5. The van der Waals surface area contributed by atoms with Gasteiger partial charge in [0.05, 0.1) is 22.9 Å². The fourth-order valence-electron chi connectivity index (χ4n) is 3.22. The summed E-state index contributed by atoms with van der Waals surface area (Å²) >= 11 is 9.68. The summed E-state index contributed by atoms with van der Waals surface area (Å²) in [5.74, 6) is 0.726. The van der Waals surface area contributed by atoms with Crippen molar-refractivity contribution in [3.05, 3.63) is 68.0 Å². The Morgan fingerprint density at radius 1 is 1.18 bits per heavy atom. The van der Waals surface area contributed by atoms with Crippen LogP contribution in [0.2, 0.25) is 5.02 Å². The summed E-state index contributed by atoms with van der Waals surface area (Å²) < 4.78 is 3.02. The molecule has 33 heavy (non-hydrogen) atoms.